The molecular formula is C14H9ClIN3O3. The van der Waals surface area contributed by atoms with Gasteiger partial charge in [-0.3, -0.25) is 14.9 Å². The lowest BCUT2D eigenvalue weighted by molar-refractivity contribution is -0.384. The average molecular weight is 430 g/mol. The van der Waals surface area contributed by atoms with Crippen molar-refractivity contribution in [3.05, 3.63) is 72.3 Å². The van der Waals surface area contributed by atoms with Gasteiger partial charge in [0, 0.05) is 26.3 Å². The highest BCUT2D eigenvalue weighted by atomic mass is 127. The molecule has 1 amide bonds. The Morgan fingerprint density at radius 3 is 2.73 bits per heavy atom. The fourth-order valence-corrected chi connectivity index (χ4v) is 2.41. The number of nitrogens with zero attached hydrogens (tertiary/aromatic N) is 2. The molecule has 0 aliphatic heterocycles. The molecule has 22 heavy (non-hydrogen) atoms. The number of nitro groups is 1. The standard InChI is InChI=1S/C14H9ClIN3O3/c15-12-6-5-10(19(21)22)7-9(12)8-17-18-14(20)11-3-1-2-4-13(11)16/h1-8H,(H,18,20)/b17-8-. The van der Waals surface area contributed by atoms with E-state index in [0.29, 0.717) is 16.1 Å². The Labute approximate surface area is 144 Å². The maximum absolute atomic E-state index is 11.9. The van der Waals surface area contributed by atoms with Crippen molar-refractivity contribution in [1.82, 2.24) is 5.43 Å². The van der Waals surface area contributed by atoms with Crippen LogP contribution in [0.25, 0.3) is 0 Å². The lowest BCUT2D eigenvalue weighted by atomic mass is 10.2. The van der Waals surface area contributed by atoms with E-state index in [9.17, 15) is 14.9 Å². The van der Waals surface area contributed by atoms with Gasteiger partial charge in [0.05, 0.1) is 16.7 Å². The van der Waals surface area contributed by atoms with Gasteiger partial charge in [-0.25, -0.2) is 5.43 Å². The number of non-ortho nitro benzene ring substituents is 1. The Morgan fingerprint density at radius 1 is 1.32 bits per heavy atom. The number of hydrogen-bond donors (Lipinski definition) is 1. The summed E-state index contributed by atoms with van der Waals surface area (Å²) in [6.45, 7) is 0. The fraction of sp³-hybridized carbons (Fsp3) is 0. The number of nitro benzene ring substituents is 1. The Hall–Kier alpha value is -2.00. The van der Waals surface area contributed by atoms with Crippen LogP contribution in [0, 0.1) is 13.7 Å². The van der Waals surface area contributed by atoms with Gasteiger partial charge in [0.1, 0.15) is 0 Å². The molecule has 0 saturated heterocycles. The first-order chi connectivity index (χ1) is 10.5. The molecule has 0 heterocycles. The summed E-state index contributed by atoms with van der Waals surface area (Å²) in [6.07, 6.45) is 1.27. The van der Waals surface area contributed by atoms with E-state index in [-0.39, 0.29) is 11.6 Å². The third-order valence-electron chi connectivity index (χ3n) is 2.68. The van der Waals surface area contributed by atoms with Crippen molar-refractivity contribution >= 4 is 52.0 Å². The van der Waals surface area contributed by atoms with E-state index in [1.165, 1.54) is 24.4 Å². The molecule has 0 saturated carbocycles. The van der Waals surface area contributed by atoms with Gasteiger partial charge >= 0.3 is 0 Å². The molecule has 0 bridgehead atoms. The largest absolute Gasteiger partial charge is 0.272 e. The minimum Gasteiger partial charge on any atom is -0.267 e. The molecule has 0 aliphatic rings. The summed E-state index contributed by atoms with van der Waals surface area (Å²) in [6, 6.07) is 11.0. The van der Waals surface area contributed by atoms with Crippen molar-refractivity contribution in [2.75, 3.05) is 0 Å². The molecule has 0 spiro atoms. The van der Waals surface area contributed by atoms with Crippen LogP contribution in [-0.4, -0.2) is 17.0 Å². The topological polar surface area (TPSA) is 84.6 Å². The number of carbonyl (C=O) groups is 1. The van der Waals surface area contributed by atoms with Gasteiger partial charge in [-0.1, -0.05) is 23.7 Å². The van der Waals surface area contributed by atoms with E-state index in [0.717, 1.165) is 3.57 Å². The van der Waals surface area contributed by atoms with E-state index in [1.54, 1.807) is 18.2 Å². The van der Waals surface area contributed by atoms with Crippen LogP contribution in [-0.2, 0) is 0 Å². The number of nitrogens with one attached hydrogen (secondary N) is 1. The minimum absolute atomic E-state index is 0.102. The second-order valence-electron chi connectivity index (χ2n) is 4.14. The van der Waals surface area contributed by atoms with Crippen molar-refractivity contribution in [2.24, 2.45) is 5.10 Å². The molecule has 1 N–H and O–H groups in total. The van der Waals surface area contributed by atoms with Crippen LogP contribution in [0.2, 0.25) is 5.02 Å². The number of halogens is 2. The summed E-state index contributed by atoms with van der Waals surface area (Å²) in [5, 5.41) is 14.8. The molecule has 0 aliphatic carbocycles. The molecule has 112 valence electrons. The van der Waals surface area contributed by atoms with Gasteiger partial charge in [-0.2, -0.15) is 5.10 Å². The predicted molar refractivity (Wildman–Crippen MR) is 92.3 cm³/mol. The highest BCUT2D eigenvalue weighted by molar-refractivity contribution is 14.1. The maximum atomic E-state index is 11.9. The van der Waals surface area contributed by atoms with Crippen LogP contribution in [0.3, 0.4) is 0 Å². The number of hydrogen-bond acceptors (Lipinski definition) is 4. The third-order valence-corrected chi connectivity index (χ3v) is 3.96. The van der Waals surface area contributed by atoms with E-state index < -0.39 is 4.92 Å². The van der Waals surface area contributed by atoms with Crippen molar-refractivity contribution < 1.29 is 9.72 Å². The van der Waals surface area contributed by atoms with Crippen LogP contribution < -0.4 is 5.43 Å². The molecule has 0 atom stereocenters. The normalized spacial score (nSPS) is 10.6. The van der Waals surface area contributed by atoms with Crippen molar-refractivity contribution in [2.45, 2.75) is 0 Å². The van der Waals surface area contributed by atoms with E-state index in [4.69, 9.17) is 11.6 Å². The summed E-state index contributed by atoms with van der Waals surface area (Å²) < 4.78 is 0.793. The Morgan fingerprint density at radius 2 is 2.05 bits per heavy atom. The van der Waals surface area contributed by atoms with Gasteiger partial charge in [0.25, 0.3) is 11.6 Å². The van der Waals surface area contributed by atoms with Crippen LogP contribution in [0.4, 0.5) is 5.69 Å². The Bertz CT molecular complexity index is 765. The molecule has 8 heteroatoms. The second-order valence-corrected chi connectivity index (χ2v) is 5.71. The molecule has 0 aromatic heterocycles. The second kappa shape index (κ2) is 7.32. The number of amides is 1. The fourth-order valence-electron chi connectivity index (χ4n) is 1.61. The van der Waals surface area contributed by atoms with Crippen LogP contribution in [0.1, 0.15) is 15.9 Å². The lowest BCUT2D eigenvalue weighted by Crippen LogP contribution is -2.18. The first-order valence-electron chi connectivity index (χ1n) is 6.01. The third kappa shape index (κ3) is 4.01. The van der Waals surface area contributed by atoms with Crippen LogP contribution in [0.15, 0.2) is 47.6 Å². The molecule has 0 fully saturated rings. The SMILES string of the molecule is O=C(N/N=C\c1cc([N+](=O)[O-])ccc1Cl)c1ccccc1I. The summed E-state index contributed by atoms with van der Waals surface area (Å²) in [5.41, 5.74) is 3.10. The maximum Gasteiger partial charge on any atom is 0.272 e. The highest BCUT2D eigenvalue weighted by Gasteiger charge is 2.09. The molecular weight excluding hydrogens is 421 g/mol. The Kier molecular flexibility index (Phi) is 5.45. The highest BCUT2D eigenvalue weighted by Crippen LogP contribution is 2.20. The zero-order valence-corrected chi connectivity index (χ0v) is 13.9. The van der Waals surface area contributed by atoms with Crippen molar-refractivity contribution in [1.29, 1.82) is 0 Å². The van der Waals surface area contributed by atoms with Gasteiger partial charge in [0.2, 0.25) is 0 Å². The van der Waals surface area contributed by atoms with E-state index in [2.05, 4.69) is 10.5 Å². The van der Waals surface area contributed by atoms with E-state index >= 15 is 0 Å². The zero-order chi connectivity index (χ0) is 16.1. The Balaban J connectivity index is 2.13. The molecule has 2 aromatic rings. The zero-order valence-electron chi connectivity index (χ0n) is 11.0. The number of carbonyl (C=O) groups excluding carboxylic acids is 1. The van der Waals surface area contributed by atoms with Gasteiger partial charge in [-0.15, -0.1) is 0 Å². The first kappa shape index (κ1) is 16.4. The average Bonchev–Trinajstić information content (AvgIpc) is 2.49. The summed E-state index contributed by atoms with van der Waals surface area (Å²) in [5.74, 6) is -0.372. The molecule has 2 rings (SSSR count). The molecule has 2 aromatic carbocycles. The van der Waals surface area contributed by atoms with Gasteiger partial charge in [-0.05, 0) is 40.8 Å². The molecule has 0 radical (unpaired) electrons. The van der Waals surface area contributed by atoms with Crippen LogP contribution >= 0.6 is 34.2 Å². The van der Waals surface area contributed by atoms with E-state index in [1.807, 2.05) is 28.7 Å². The smallest absolute Gasteiger partial charge is 0.267 e. The number of rotatable bonds is 4. The minimum atomic E-state index is -0.529. The molecule has 6 nitrogen and oxygen atoms in total. The predicted octanol–water partition coefficient (Wildman–Crippen LogP) is 3.62. The molecule has 0 unspecified atom stereocenters. The lowest BCUT2D eigenvalue weighted by Gasteiger charge is -2.02. The quantitative estimate of drug-likeness (QED) is 0.349. The number of hydrazone groups is 1. The monoisotopic (exact) mass is 429 g/mol. The first-order valence-corrected chi connectivity index (χ1v) is 7.46. The van der Waals surface area contributed by atoms with Gasteiger partial charge in [0.15, 0.2) is 0 Å². The number of benzene rings is 2. The summed E-state index contributed by atoms with van der Waals surface area (Å²) in [4.78, 5) is 22.1. The van der Waals surface area contributed by atoms with Crippen molar-refractivity contribution in [3.63, 3.8) is 0 Å². The van der Waals surface area contributed by atoms with Gasteiger partial charge < -0.3 is 0 Å². The van der Waals surface area contributed by atoms with Crippen LogP contribution in [0.5, 0.6) is 0 Å². The summed E-state index contributed by atoms with van der Waals surface area (Å²) >= 11 is 7.98. The summed E-state index contributed by atoms with van der Waals surface area (Å²) in [7, 11) is 0. The van der Waals surface area contributed by atoms with Crippen molar-refractivity contribution in [3.8, 4) is 0 Å².